The molecular weight excluding hydrogens is 392 g/mol. The van der Waals surface area contributed by atoms with Gasteiger partial charge in [-0.2, -0.15) is 0 Å². The first kappa shape index (κ1) is 22.3. The van der Waals surface area contributed by atoms with Gasteiger partial charge in [0, 0.05) is 6.42 Å². The van der Waals surface area contributed by atoms with Gasteiger partial charge in [-0.3, -0.25) is 0 Å². The van der Waals surface area contributed by atoms with Gasteiger partial charge in [0.15, 0.2) is 0 Å². The molecule has 0 spiro atoms. The quantitative estimate of drug-likeness (QED) is 0.255. The molecule has 6 nitrogen and oxygen atoms in total. The van der Waals surface area contributed by atoms with Crippen LogP contribution < -0.4 is 15.3 Å². The summed E-state index contributed by atoms with van der Waals surface area (Å²) in [7, 11) is 0. The van der Waals surface area contributed by atoms with Gasteiger partial charge in [-0.1, -0.05) is 71.8 Å². The van der Waals surface area contributed by atoms with Crippen LogP contribution in [-0.2, 0) is 11.3 Å². The number of rotatable bonds is 12. The Morgan fingerprint density at radius 2 is 1.39 bits per heavy atom. The van der Waals surface area contributed by atoms with Crippen molar-refractivity contribution < 1.29 is 19.5 Å². The minimum atomic E-state index is -1.75. The number of hydrogen-bond donors (Lipinski definition) is 2. The van der Waals surface area contributed by atoms with Gasteiger partial charge in [0.2, 0.25) is 0 Å². The first-order valence-electron chi connectivity index (χ1n) is 10.4. The van der Waals surface area contributed by atoms with E-state index >= 15 is 0 Å². The average Bonchev–Trinajstić information content (AvgIpc) is 2.80. The van der Waals surface area contributed by atoms with Gasteiger partial charge in [0.1, 0.15) is 11.5 Å². The van der Waals surface area contributed by atoms with Crippen molar-refractivity contribution in [2.24, 2.45) is 5.73 Å². The van der Waals surface area contributed by atoms with E-state index in [0.29, 0.717) is 30.9 Å². The summed E-state index contributed by atoms with van der Waals surface area (Å²) in [5.41, 5.74) is 4.83. The molecule has 3 aromatic carbocycles. The summed E-state index contributed by atoms with van der Waals surface area (Å²) >= 11 is 0. The molecular formula is C25H28N2O4. The summed E-state index contributed by atoms with van der Waals surface area (Å²) in [5.74, 6) is -0.146. The summed E-state index contributed by atoms with van der Waals surface area (Å²) in [4.78, 5) is 18.9. The molecule has 0 aliphatic rings. The predicted octanol–water partition coefficient (Wildman–Crippen LogP) is 4.47. The molecule has 0 aliphatic carbocycles. The molecule has 0 heterocycles. The van der Waals surface area contributed by atoms with Crippen LogP contribution in [-0.4, -0.2) is 28.4 Å². The third kappa shape index (κ3) is 6.07. The van der Waals surface area contributed by atoms with Crippen molar-refractivity contribution in [3.05, 3.63) is 96.6 Å². The SMILES string of the molecule is NCCCC[C@@](Oc1ccccc1)(C(=O)O)N(Cc1ccccc1)Oc1ccccc1. The number of unbranched alkanes of at least 4 members (excludes halogenated alkanes) is 1. The minimum Gasteiger partial charge on any atom is -0.477 e. The third-order valence-corrected chi connectivity index (χ3v) is 4.86. The number of ether oxygens (including phenoxy) is 1. The molecule has 0 aromatic heterocycles. The van der Waals surface area contributed by atoms with Crippen LogP contribution >= 0.6 is 0 Å². The number of nitrogens with zero attached hydrogens (tertiary/aromatic N) is 1. The lowest BCUT2D eigenvalue weighted by Gasteiger charge is -2.39. The number of para-hydroxylation sites is 2. The van der Waals surface area contributed by atoms with Gasteiger partial charge in [0.05, 0.1) is 6.54 Å². The Labute approximate surface area is 182 Å². The van der Waals surface area contributed by atoms with Crippen LogP contribution in [0.15, 0.2) is 91.0 Å². The lowest BCUT2D eigenvalue weighted by atomic mass is 10.0. The Balaban J connectivity index is 2.03. The van der Waals surface area contributed by atoms with Crippen molar-refractivity contribution in [3.63, 3.8) is 0 Å². The van der Waals surface area contributed by atoms with E-state index in [1.807, 2.05) is 54.6 Å². The fourth-order valence-electron chi connectivity index (χ4n) is 3.27. The number of nitrogens with two attached hydrogens (primary N) is 1. The number of carboxylic acids is 1. The number of benzene rings is 3. The predicted molar refractivity (Wildman–Crippen MR) is 119 cm³/mol. The molecule has 0 unspecified atom stereocenters. The van der Waals surface area contributed by atoms with Gasteiger partial charge in [0.25, 0.3) is 5.72 Å². The maximum Gasteiger partial charge on any atom is 0.367 e. The number of carbonyl (C=O) groups is 1. The summed E-state index contributed by atoms with van der Waals surface area (Å²) in [6, 6.07) is 27.7. The smallest absolute Gasteiger partial charge is 0.367 e. The van der Waals surface area contributed by atoms with E-state index in [0.717, 1.165) is 5.56 Å². The highest BCUT2D eigenvalue weighted by molar-refractivity contribution is 5.77. The summed E-state index contributed by atoms with van der Waals surface area (Å²) < 4.78 is 6.18. The Morgan fingerprint density at radius 1 is 0.839 bits per heavy atom. The second kappa shape index (κ2) is 11.2. The number of aliphatic carboxylic acids is 1. The molecule has 0 bridgehead atoms. The monoisotopic (exact) mass is 420 g/mol. The number of hydrogen-bond acceptors (Lipinski definition) is 5. The van der Waals surface area contributed by atoms with Crippen LogP contribution in [0.1, 0.15) is 24.8 Å². The van der Waals surface area contributed by atoms with Crippen molar-refractivity contribution in [1.29, 1.82) is 0 Å². The van der Waals surface area contributed by atoms with Crippen LogP contribution in [0.25, 0.3) is 0 Å². The molecule has 0 amide bonds. The molecule has 0 saturated heterocycles. The van der Waals surface area contributed by atoms with Gasteiger partial charge in [-0.25, -0.2) is 4.79 Å². The first-order valence-corrected chi connectivity index (χ1v) is 10.4. The number of hydroxylamine groups is 2. The van der Waals surface area contributed by atoms with Crippen LogP contribution in [0.2, 0.25) is 0 Å². The third-order valence-electron chi connectivity index (χ3n) is 4.86. The Kier molecular flexibility index (Phi) is 8.04. The summed E-state index contributed by atoms with van der Waals surface area (Å²) in [5, 5.41) is 11.9. The Hall–Kier alpha value is -3.35. The largest absolute Gasteiger partial charge is 0.477 e. The Morgan fingerprint density at radius 3 is 1.94 bits per heavy atom. The van der Waals surface area contributed by atoms with Gasteiger partial charge >= 0.3 is 5.97 Å². The Bertz CT molecular complexity index is 881. The zero-order chi connectivity index (χ0) is 21.9. The molecule has 0 aliphatic heterocycles. The van der Waals surface area contributed by atoms with Gasteiger partial charge in [-0.15, -0.1) is 0 Å². The van der Waals surface area contributed by atoms with E-state index in [-0.39, 0.29) is 13.0 Å². The normalized spacial score (nSPS) is 12.8. The van der Waals surface area contributed by atoms with Gasteiger partial charge < -0.3 is 20.4 Å². The molecule has 3 rings (SSSR count). The average molecular weight is 421 g/mol. The topological polar surface area (TPSA) is 85.0 Å². The van der Waals surface area contributed by atoms with Crippen molar-refractivity contribution >= 4 is 5.97 Å². The zero-order valence-corrected chi connectivity index (χ0v) is 17.4. The maximum absolute atomic E-state index is 12.8. The highest BCUT2D eigenvalue weighted by atomic mass is 16.7. The van der Waals surface area contributed by atoms with Crippen molar-refractivity contribution in [2.45, 2.75) is 31.5 Å². The maximum atomic E-state index is 12.8. The lowest BCUT2D eigenvalue weighted by Crippen LogP contribution is -2.60. The molecule has 1 atom stereocenters. The molecule has 31 heavy (non-hydrogen) atoms. The zero-order valence-electron chi connectivity index (χ0n) is 17.4. The molecule has 0 fully saturated rings. The second-order valence-electron chi connectivity index (χ2n) is 7.18. The van der Waals surface area contributed by atoms with Gasteiger partial charge in [-0.05, 0) is 49.2 Å². The van der Waals surface area contributed by atoms with Crippen molar-refractivity contribution in [3.8, 4) is 11.5 Å². The highest BCUT2D eigenvalue weighted by Crippen LogP contribution is 2.31. The lowest BCUT2D eigenvalue weighted by molar-refractivity contribution is -0.243. The van der Waals surface area contributed by atoms with Crippen LogP contribution in [0.4, 0.5) is 0 Å². The van der Waals surface area contributed by atoms with E-state index in [9.17, 15) is 9.90 Å². The fraction of sp³-hybridized carbons (Fsp3) is 0.240. The van der Waals surface area contributed by atoms with E-state index in [1.54, 1.807) is 36.4 Å². The summed E-state index contributed by atoms with van der Waals surface area (Å²) in [6.07, 6.45) is 1.45. The molecule has 6 heteroatoms. The van der Waals surface area contributed by atoms with Crippen molar-refractivity contribution in [2.75, 3.05) is 6.54 Å². The first-order chi connectivity index (χ1) is 15.1. The summed E-state index contributed by atoms with van der Waals surface area (Å²) in [6.45, 7) is 0.691. The minimum absolute atomic E-state index is 0.202. The van der Waals surface area contributed by atoms with Crippen LogP contribution in [0, 0.1) is 0 Å². The van der Waals surface area contributed by atoms with E-state index < -0.39 is 11.7 Å². The molecule has 162 valence electrons. The fourth-order valence-corrected chi connectivity index (χ4v) is 3.27. The van der Waals surface area contributed by atoms with E-state index in [2.05, 4.69) is 0 Å². The van der Waals surface area contributed by atoms with E-state index in [4.69, 9.17) is 15.3 Å². The molecule has 0 radical (unpaired) electrons. The molecule has 3 aromatic rings. The number of carboxylic acid groups (broad SMARTS) is 1. The van der Waals surface area contributed by atoms with Crippen LogP contribution in [0.5, 0.6) is 11.5 Å². The molecule has 3 N–H and O–H groups in total. The van der Waals surface area contributed by atoms with Crippen LogP contribution in [0.3, 0.4) is 0 Å². The highest BCUT2D eigenvalue weighted by Gasteiger charge is 2.49. The second-order valence-corrected chi connectivity index (χ2v) is 7.18. The molecule has 0 saturated carbocycles. The van der Waals surface area contributed by atoms with Crippen molar-refractivity contribution in [1.82, 2.24) is 5.06 Å². The standard InChI is InChI=1S/C25H28N2O4/c26-19-11-10-18-25(24(28)29,30-22-14-6-2-7-15-22)27(20-21-12-4-1-5-13-21)31-23-16-8-3-9-17-23/h1-9,12-17H,10-11,18-20,26H2,(H,28,29)/t25-/m1/s1. The van der Waals surface area contributed by atoms with E-state index in [1.165, 1.54) is 5.06 Å².